The van der Waals surface area contributed by atoms with Crippen molar-refractivity contribution in [1.82, 2.24) is 15.5 Å². The third kappa shape index (κ3) is 5.99. The maximum Gasteiger partial charge on any atom is 0.416 e. The molecule has 2 aromatic carbocycles. The van der Waals surface area contributed by atoms with Gasteiger partial charge in [0.1, 0.15) is 5.75 Å². The van der Waals surface area contributed by atoms with E-state index >= 15 is 0 Å². The Kier molecular flexibility index (Phi) is 7.56. The first-order chi connectivity index (χ1) is 17.1. The average molecular weight is 505 g/mol. The molecular formula is C26H31F3N4O3. The van der Waals surface area contributed by atoms with Crippen molar-refractivity contribution in [2.24, 2.45) is 5.73 Å². The number of nitrogens with zero attached hydrogens (tertiary/aromatic N) is 1. The van der Waals surface area contributed by atoms with Crippen LogP contribution in [0.15, 0.2) is 48.5 Å². The molecule has 0 radical (unpaired) electrons. The van der Waals surface area contributed by atoms with Gasteiger partial charge in [-0.25, -0.2) is 0 Å². The molecule has 0 aromatic heterocycles. The van der Waals surface area contributed by atoms with Crippen molar-refractivity contribution in [1.29, 1.82) is 0 Å². The van der Waals surface area contributed by atoms with Crippen LogP contribution in [0.4, 0.5) is 13.2 Å². The van der Waals surface area contributed by atoms with Crippen LogP contribution >= 0.6 is 0 Å². The number of amides is 2. The summed E-state index contributed by atoms with van der Waals surface area (Å²) in [6.07, 6.45) is -0.853. The second-order valence-electron chi connectivity index (χ2n) is 9.60. The molecule has 36 heavy (non-hydrogen) atoms. The molecule has 7 nitrogen and oxygen atoms in total. The Morgan fingerprint density at radius 2 is 1.78 bits per heavy atom. The summed E-state index contributed by atoms with van der Waals surface area (Å²) in [5, 5.41) is 5.25. The lowest BCUT2D eigenvalue weighted by Gasteiger charge is -2.48. The molecule has 0 unspecified atom stereocenters. The van der Waals surface area contributed by atoms with Crippen molar-refractivity contribution in [3.05, 3.63) is 65.2 Å². The summed E-state index contributed by atoms with van der Waals surface area (Å²) >= 11 is 0. The number of hydrogen-bond donors (Lipinski definition) is 3. The molecule has 1 saturated carbocycles. The number of carbonyl (C=O) groups is 2. The summed E-state index contributed by atoms with van der Waals surface area (Å²) < 4.78 is 43.7. The van der Waals surface area contributed by atoms with E-state index in [4.69, 9.17) is 10.5 Å². The fourth-order valence-corrected chi connectivity index (χ4v) is 4.97. The number of likely N-dealkylation sites (tertiary alicyclic amines) is 1. The number of ether oxygens (including phenoxy) is 1. The molecule has 2 aromatic rings. The number of hydrogen-bond acceptors (Lipinski definition) is 5. The third-order valence-corrected chi connectivity index (χ3v) is 7.17. The Morgan fingerprint density at radius 3 is 2.39 bits per heavy atom. The van der Waals surface area contributed by atoms with Gasteiger partial charge in [-0.05, 0) is 61.6 Å². The largest absolute Gasteiger partial charge is 0.497 e. The normalized spacial score (nSPS) is 23.0. The van der Waals surface area contributed by atoms with Gasteiger partial charge in [0.25, 0.3) is 5.91 Å². The monoisotopic (exact) mass is 504 g/mol. The van der Waals surface area contributed by atoms with Crippen LogP contribution in [0.3, 0.4) is 0 Å². The van der Waals surface area contributed by atoms with Crippen molar-refractivity contribution >= 4 is 11.8 Å². The summed E-state index contributed by atoms with van der Waals surface area (Å²) in [4.78, 5) is 26.7. The van der Waals surface area contributed by atoms with Gasteiger partial charge in [0.15, 0.2) is 0 Å². The number of benzene rings is 2. The zero-order valence-electron chi connectivity index (χ0n) is 20.1. The number of nitrogens with one attached hydrogen (secondary N) is 2. The van der Waals surface area contributed by atoms with E-state index in [9.17, 15) is 22.8 Å². The highest BCUT2D eigenvalue weighted by Crippen LogP contribution is 2.38. The Hall–Kier alpha value is -3.11. The topological polar surface area (TPSA) is 96.7 Å². The van der Waals surface area contributed by atoms with Crippen molar-refractivity contribution in [3.63, 3.8) is 0 Å². The van der Waals surface area contributed by atoms with E-state index in [1.165, 1.54) is 6.07 Å². The van der Waals surface area contributed by atoms with Gasteiger partial charge in [-0.15, -0.1) is 0 Å². The number of methoxy groups -OCH3 is 1. The SMILES string of the molecule is COc1ccc(C2(N)CCC(N3CC(NC(=O)CNC(=O)c4cccc(C(F)(F)F)c4)C3)CC2)cc1. The fourth-order valence-electron chi connectivity index (χ4n) is 4.97. The number of rotatable bonds is 7. The second-order valence-corrected chi connectivity index (χ2v) is 9.60. The van der Waals surface area contributed by atoms with Crippen molar-refractivity contribution in [3.8, 4) is 5.75 Å². The molecule has 0 bridgehead atoms. The highest BCUT2D eigenvalue weighted by atomic mass is 19.4. The molecule has 2 fully saturated rings. The fraction of sp³-hybridized carbons (Fsp3) is 0.462. The van der Waals surface area contributed by atoms with Gasteiger partial charge in [0.05, 0.1) is 25.3 Å². The smallest absolute Gasteiger partial charge is 0.416 e. The minimum atomic E-state index is -4.54. The molecule has 4 N–H and O–H groups in total. The first-order valence-corrected chi connectivity index (χ1v) is 12.0. The number of alkyl halides is 3. The highest BCUT2D eigenvalue weighted by Gasteiger charge is 2.39. The van der Waals surface area contributed by atoms with Gasteiger partial charge in [-0.3, -0.25) is 14.5 Å². The van der Waals surface area contributed by atoms with Crippen molar-refractivity contribution < 1.29 is 27.5 Å². The predicted molar refractivity (Wildman–Crippen MR) is 128 cm³/mol. The van der Waals surface area contributed by atoms with Crippen LogP contribution in [0, 0.1) is 0 Å². The van der Waals surface area contributed by atoms with Crippen LogP contribution in [0.5, 0.6) is 5.75 Å². The van der Waals surface area contributed by atoms with Gasteiger partial charge in [-0.2, -0.15) is 13.2 Å². The van der Waals surface area contributed by atoms with E-state index < -0.39 is 17.6 Å². The zero-order chi connectivity index (χ0) is 25.9. The summed E-state index contributed by atoms with van der Waals surface area (Å²) in [7, 11) is 1.64. The summed E-state index contributed by atoms with van der Waals surface area (Å²) in [5.41, 5.74) is 6.42. The standard InChI is InChI=1S/C26H31F3N4O3/c1-36-22-7-5-18(6-8-22)25(30)11-9-21(10-12-25)33-15-20(16-33)32-23(34)14-31-24(35)17-3-2-4-19(13-17)26(27,28)29/h2-8,13,20-21H,9-12,14-16,30H2,1H3,(H,31,35)(H,32,34). The second kappa shape index (κ2) is 10.5. The molecule has 2 aliphatic rings. The van der Waals surface area contributed by atoms with Gasteiger partial charge in [0, 0.05) is 30.2 Å². The zero-order valence-corrected chi connectivity index (χ0v) is 20.1. The lowest BCUT2D eigenvalue weighted by Crippen LogP contribution is -2.63. The molecule has 0 atom stereocenters. The quantitative estimate of drug-likeness (QED) is 0.539. The molecule has 1 aliphatic heterocycles. The van der Waals surface area contributed by atoms with Crippen molar-refractivity contribution in [2.75, 3.05) is 26.7 Å². The van der Waals surface area contributed by atoms with Crippen LogP contribution in [0.25, 0.3) is 0 Å². The minimum Gasteiger partial charge on any atom is -0.497 e. The van der Waals surface area contributed by atoms with Crippen LogP contribution in [0.2, 0.25) is 0 Å². The number of nitrogens with two attached hydrogens (primary N) is 1. The molecule has 4 rings (SSSR count). The van der Waals surface area contributed by atoms with Crippen molar-refractivity contribution in [2.45, 2.75) is 49.5 Å². The first-order valence-electron chi connectivity index (χ1n) is 12.0. The Balaban J connectivity index is 1.18. The van der Waals surface area contributed by atoms with Gasteiger partial charge in [0.2, 0.25) is 5.91 Å². The van der Waals surface area contributed by atoms with E-state index in [-0.39, 0.29) is 29.6 Å². The first kappa shape index (κ1) is 26.0. The Bertz CT molecular complexity index is 1080. The Morgan fingerprint density at radius 1 is 1.11 bits per heavy atom. The summed E-state index contributed by atoms with van der Waals surface area (Å²) in [6, 6.07) is 12.4. The molecule has 1 aliphatic carbocycles. The van der Waals surface area contributed by atoms with E-state index in [1.54, 1.807) is 7.11 Å². The molecule has 2 amide bonds. The molecular weight excluding hydrogens is 473 g/mol. The maximum atomic E-state index is 12.8. The van der Waals surface area contributed by atoms with E-state index in [1.807, 2.05) is 24.3 Å². The van der Waals surface area contributed by atoms with E-state index in [0.29, 0.717) is 6.04 Å². The van der Waals surface area contributed by atoms with Gasteiger partial charge >= 0.3 is 6.18 Å². The number of carbonyl (C=O) groups excluding carboxylic acids is 2. The van der Waals surface area contributed by atoms with Gasteiger partial charge in [-0.1, -0.05) is 18.2 Å². The summed E-state index contributed by atoms with van der Waals surface area (Å²) in [5.74, 6) is -0.292. The predicted octanol–water partition coefficient (Wildman–Crippen LogP) is 3.04. The lowest BCUT2D eigenvalue weighted by molar-refractivity contribution is -0.137. The molecule has 0 spiro atoms. The van der Waals surface area contributed by atoms with Crippen LogP contribution in [-0.2, 0) is 16.5 Å². The van der Waals surface area contributed by atoms with Crippen LogP contribution in [0.1, 0.15) is 47.2 Å². The lowest BCUT2D eigenvalue weighted by atomic mass is 9.75. The molecule has 1 saturated heterocycles. The molecule has 1 heterocycles. The summed E-state index contributed by atoms with van der Waals surface area (Å²) in [6.45, 7) is 1.14. The van der Waals surface area contributed by atoms with E-state index in [2.05, 4.69) is 15.5 Å². The van der Waals surface area contributed by atoms with Gasteiger partial charge < -0.3 is 21.1 Å². The highest BCUT2D eigenvalue weighted by molar-refractivity contribution is 5.96. The minimum absolute atomic E-state index is 0.0193. The number of halogens is 3. The maximum absolute atomic E-state index is 12.8. The van der Waals surface area contributed by atoms with Crippen LogP contribution < -0.4 is 21.1 Å². The average Bonchev–Trinajstić information content (AvgIpc) is 2.85. The third-order valence-electron chi connectivity index (χ3n) is 7.17. The Labute approximate surface area is 208 Å². The van der Waals surface area contributed by atoms with E-state index in [0.717, 1.165) is 68.3 Å². The van der Waals surface area contributed by atoms with Crippen LogP contribution in [-0.4, -0.2) is 55.5 Å². The molecule has 194 valence electrons. The molecule has 10 heteroatoms.